The van der Waals surface area contributed by atoms with Crippen molar-refractivity contribution in [2.45, 2.75) is 57.1 Å². The van der Waals surface area contributed by atoms with Gasteiger partial charge in [-0.1, -0.05) is 0 Å². The fourth-order valence-corrected chi connectivity index (χ4v) is 5.44. The van der Waals surface area contributed by atoms with Gasteiger partial charge in [-0.05, 0) is 33.1 Å². The second-order valence-electron chi connectivity index (χ2n) is 8.26. The Morgan fingerprint density at radius 1 is 1.42 bits per heavy atom. The van der Waals surface area contributed by atoms with E-state index in [0.717, 1.165) is 4.57 Å². The molecule has 3 N–H and O–H groups in total. The largest absolute Gasteiger partial charge is 0.475 e. The molecule has 1 aromatic rings. The van der Waals surface area contributed by atoms with Crippen molar-refractivity contribution in [3.63, 3.8) is 0 Å². The topological polar surface area (TPSA) is 161 Å². The van der Waals surface area contributed by atoms with Crippen LogP contribution in [0.15, 0.2) is 21.9 Å². The number of hydrogen-bond acceptors (Lipinski definition) is 10. The maximum atomic E-state index is 13.0. The number of aromatic nitrogens is 2. The zero-order chi connectivity index (χ0) is 22.4. The van der Waals surface area contributed by atoms with Crippen molar-refractivity contribution in [1.29, 1.82) is 0 Å². The first-order chi connectivity index (χ1) is 14.6. The Kier molecular flexibility index (Phi) is 5.74. The van der Waals surface area contributed by atoms with E-state index in [1.54, 1.807) is 13.8 Å². The molecule has 0 bridgehead atoms. The van der Waals surface area contributed by atoms with Gasteiger partial charge in [-0.25, -0.2) is 9.36 Å². The Morgan fingerprint density at radius 2 is 2.16 bits per heavy atom. The quantitative estimate of drug-likeness (QED) is 0.432. The number of phosphoric acid groups is 1. The van der Waals surface area contributed by atoms with Gasteiger partial charge in [0.25, 0.3) is 5.56 Å². The number of nitrogens with one attached hydrogen (secondary N) is 1. The van der Waals surface area contributed by atoms with Gasteiger partial charge in [-0.15, -0.1) is 0 Å². The molecule has 0 amide bonds. The second kappa shape index (κ2) is 7.95. The summed E-state index contributed by atoms with van der Waals surface area (Å²) < 4.78 is 41.5. The lowest BCUT2D eigenvalue weighted by atomic mass is 9.93. The van der Waals surface area contributed by atoms with Crippen LogP contribution >= 0.6 is 7.82 Å². The number of carbonyl (C=O) groups is 1. The first kappa shape index (κ1) is 22.4. The van der Waals surface area contributed by atoms with Gasteiger partial charge in [0.1, 0.15) is 12.2 Å². The van der Waals surface area contributed by atoms with Crippen LogP contribution in [0.3, 0.4) is 0 Å². The first-order valence-electron chi connectivity index (χ1n) is 10.1. The van der Waals surface area contributed by atoms with Gasteiger partial charge < -0.3 is 15.2 Å². The molecule has 3 aliphatic rings. The number of carbonyl (C=O) groups excluding carboxylic acids is 1. The van der Waals surface area contributed by atoms with Crippen LogP contribution in [-0.2, 0) is 32.4 Å². The fourth-order valence-electron chi connectivity index (χ4n) is 3.96. The lowest BCUT2D eigenvalue weighted by Crippen LogP contribution is -2.55. The van der Waals surface area contributed by atoms with Crippen LogP contribution in [0.2, 0.25) is 0 Å². The normalized spacial score (nSPS) is 36.0. The number of aromatic amines is 1. The number of rotatable bonds is 7. The number of fused-ring (bicyclic) bond motifs is 1. The summed E-state index contributed by atoms with van der Waals surface area (Å²) in [7, 11) is -3.96. The molecule has 2 saturated heterocycles. The van der Waals surface area contributed by atoms with Crippen LogP contribution in [-0.4, -0.2) is 53.1 Å². The van der Waals surface area contributed by atoms with Crippen molar-refractivity contribution >= 4 is 13.8 Å². The highest BCUT2D eigenvalue weighted by Gasteiger charge is 2.59. The molecule has 0 radical (unpaired) electrons. The van der Waals surface area contributed by atoms with E-state index in [-0.39, 0.29) is 19.2 Å². The van der Waals surface area contributed by atoms with E-state index in [0.29, 0.717) is 25.9 Å². The zero-order valence-electron chi connectivity index (χ0n) is 17.3. The Balaban J connectivity index is 1.43. The van der Waals surface area contributed by atoms with Gasteiger partial charge >= 0.3 is 19.5 Å². The summed E-state index contributed by atoms with van der Waals surface area (Å²) in [5, 5.41) is 0. The van der Waals surface area contributed by atoms with Crippen LogP contribution in [0.5, 0.6) is 0 Å². The minimum absolute atomic E-state index is 0.0154. The predicted octanol–water partition coefficient (Wildman–Crippen LogP) is 0.425. The molecule has 13 heteroatoms. The van der Waals surface area contributed by atoms with E-state index in [1.165, 1.54) is 12.3 Å². The molecular weight excluding hydrogens is 433 g/mol. The summed E-state index contributed by atoms with van der Waals surface area (Å²) in [5.74, 6) is -0.282. The average molecular weight is 459 g/mol. The summed E-state index contributed by atoms with van der Waals surface area (Å²) in [6, 6.07) is 1.17. The van der Waals surface area contributed by atoms with Crippen LogP contribution in [0.4, 0.5) is 0 Å². The van der Waals surface area contributed by atoms with E-state index >= 15 is 0 Å². The molecule has 5 atom stereocenters. The van der Waals surface area contributed by atoms with Gasteiger partial charge in [-0.2, -0.15) is 0 Å². The van der Waals surface area contributed by atoms with Crippen molar-refractivity contribution in [1.82, 2.24) is 9.55 Å². The van der Waals surface area contributed by atoms with Crippen molar-refractivity contribution in [2.24, 2.45) is 11.1 Å². The molecular formula is C18H26N3O9P. The molecule has 1 aliphatic carbocycles. The highest BCUT2D eigenvalue weighted by molar-refractivity contribution is 7.48. The number of phosphoric ester groups is 1. The molecule has 3 fully saturated rings. The molecule has 0 aromatic carbocycles. The maximum Gasteiger partial charge on any atom is 0.475 e. The summed E-state index contributed by atoms with van der Waals surface area (Å²) in [5.41, 5.74) is 3.30. The molecule has 172 valence electrons. The minimum Gasteiger partial charge on any atom is -0.466 e. The summed E-state index contributed by atoms with van der Waals surface area (Å²) in [6.45, 7) is 3.49. The molecule has 31 heavy (non-hydrogen) atoms. The molecule has 2 aliphatic heterocycles. The Morgan fingerprint density at radius 3 is 2.81 bits per heavy atom. The summed E-state index contributed by atoms with van der Waals surface area (Å²) >= 11 is 0. The van der Waals surface area contributed by atoms with Crippen LogP contribution < -0.4 is 17.0 Å². The Hall–Kier alpha value is -1.82. The van der Waals surface area contributed by atoms with E-state index < -0.39 is 48.5 Å². The number of esters is 1. The highest BCUT2D eigenvalue weighted by Crippen LogP contribution is 2.59. The monoisotopic (exact) mass is 459 g/mol. The molecule has 1 saturated carbocycles. The van der Waals surface area contributed by atoms with Crippen molar-refractivity contribution in [2.75, 3.05) is 19.8 Å². The maximum absolute atomic E-state index is 13.0. The lowest BCUT2D eigenvalue weighted by molar-refractivity contribution is -0.150. The molecule has 12 nitrogen and oxygen atoms in total. The van der Waals surface area contributed by atoms with Gasteiger partial charge in [0, 0.05) is 12.3 Å². The molecule has 3 heterocycles. The third-order valence-corrected chi connectivity index (χ3v) is 7.37. The average Bonchev–Trinajstić information content (AvgIpc) is 3.44. The van der Waals surface area contributed by atoms with Gasteiger partial charge in [0.05, 0.1) is 30.8 Å². The smallest absolute Gasteiger partial charge is 0.466 e. The van der Waals surface area contributed by atoms with E-state index in [4.69, 9.17) is 28.8 Å². The van der Waals surface area contributed by atoms with Crippen molar-refractivity contribution < 1.29 is 32.4 Å². The third-order valence-electron chi connectivity index (χ3n) is 5.92. The Bertz CT molecular complexity index is 1020. The predicted molar refractivity (Wildman–Crippen MR) is 105 cm³/mol. The fraction of sp³-hybridized carbons (Fsp3) is 0.722. The SMILES string of the molecule is CCOC(=O)C1(CCO[P@@]2(=O)OC[C@H]3O[C@@H](n4ccc(=O)[nH]c4=O)[C@](C)(N)[C@@H]3O2)CC1. The zero-order valence-corrected chi connectivity index (χ0v) is 18.2. The number of hydrogen-bond donors (Lipinski definition) is 2. The second-order valence-corrected chi connectivity index (χ2v) is 9.88. The van der Waals surface area contributed by atoms with Gasteiger partial charge in [0.15, 0.2) is 6.23 Å². The molecule has 1 aromatic heterocycles. The van der Waals surface area contributed by atoms with Crippen LogP contribution in [0.1, 0.15) is 39.3 Å². The van der Waals surface area contributed by atoms with Gasteiger partial charge in [-0.3, -0.25) is 32.7 Å². The van der Waals surface area contributed by atoms with E-state index in [1.807, 2.05) is 0 Å². The molecule has 4 rings (SSSR count). The number of H-pyrrole nitrogens is 1. The van der Waals surface area contributed by atoms with Crippen molar-refractivity contribution in [3.8, 4) is 0 Å². The van der Waals surface area contributed by atoms with Crippen LogP contribution in [0.25, 0.3) is 0 Å². The van der Waals surface area contributed by atoms with E-state index in [2.05, 4.69) is 4.98 Å². The van der Waals surface area contributed by atoms with Crippen molar-refractivity contribution in [3.05, 3.63) is 33.1 Å². The third kappa shape index (κ3) is 4.15. The van der Waals surface area contributed by atoms with E-state index in [9.17, 15) is 18.9 Å². The number of nitrogens with two attached hydrogens (primary N) is 1. The summed E-state index contributed by atoms with van der Waals surface area (Å²) in [4.78, 5) is 37.7. The first-order valence-corrected chi connectivity index (χ1v) is 11.6. The minimum atomic E-state index is -3.96. The molecule has 0 unspecified atom stereocenters. The lowest BCUT2D eigenvalue weighted by Gasteiger charge is -2.35. The Labute approximate surface area is 177 Å². The van der Waals surface area contributed by atoms with Gasteiger partial charge in [0.2, 0.25) is 0 Å². The highest BCUT2D eigenvalue weighted by atomic mass is 31.2. The summed E-state index contributed by atoms with van der Waals surface area (Å²) in [6.07, 6.45) is 0.417. The van der Waals surface area contributed by atoms with Crippen LogP contribution in [0, 0.1) is 5.41 Å². The standard InChI is InChI=1S/C18H26N3O9P/c1-3-26-15(23)18(5-6-18)7-9-27-31(25)28-10-11-13(30-31)17(2,19)14(29-11)21-8-4-12(22)20-16(21)24/h4,8,11,13-14H,3,5-7,9-10,19H2,1-2H3,(H,20,22,24)/t11-,13-,14-,17-,31+/m1/s1. The number of ether oxygens (including phenoxy) is 2. The molecule has 0 spiro atoms. The number of nitrogens with zero attached hydrogens (tertiary/aromatic N) is 1.